The number of nitrogens with one attached hydrogen (secondary N) is 2. The smallest absolute Gasteiger partial charge is 0.254 e. The Kier molecular flexibility index (Phi) is 4.24. The minimum atomic E-state index is -0.00301. The largest absolute Gasteiger partial charge is 0.351 e. The van der Waals surface area contributed by atoms with E-state index in [4.69, 9.17) is 0 Å². The van der Waals surface area contributed by atoms with Crippen LogP contribution in [0.2, 0.25) is 0 Å². The molecule has 1 amide bonds. The van der Waals surface area contributed by atoms with Crippen molar-refractivity contribution in [1.82, 2.24) is 20.4 Å². The number of aryl methyl sites for hydroxylation is 2. The molecule has 0 aliphatic carbocycles. The molecule has 1 fully saturated rings. The first-order valence-electron chi connectivity index (χ1n) is 7.05. The Morgan fingerprint density at radius 3 is 3.05 bits per heavy atom. The molecular formula is C14H24N4O. The lowest BCUT2D eigenvalue weighted by molar-refractivity contribution is 0.0923. The molecule has 19 heavy (non-hydrogen) atoms. The molecule has 1 aliphatic rings. The minimum Gasteiger partial charge on any atom is -0.351 e. The van der Waals surface area contributed by atoms with Crippen LogP contribution in [0.1, 0.15) is 42.7 Å². The average molecular weight is 264 g/mol. The first-order chi connectivity index (χ1) is 9.04. The summed E-state index contributed by atoms with van der Waals surface area (Å²) in [6.45, 7) is 7.03. The maximum absolute atomic E-state index is 12.2. The Labute approximate surface area is 114 Å². The fraction of sp³-hybridized carbons (Fsp3) is 0.714. The monoisotopic (exact) mass is 264 g/mol. The van der Waals surface area contributed by atoms with Gasteiger partial charge in [0.05, 0.1) is 11.3 Å². The van der Waals surface area contributed by atoms with Crippen molar-refractivity contribution in [3.05, 3.63) is 17.5 Å². The number of carbonyl (C=O) groups is 1. The second kappa shape index (κ2) is 5.74. The lowest BCUT2D eigenvalue weighted by Crippen LogP contribution is -2.45. The fourth-order valence-electron chi connectivity index (χ4n) is 2.64. The van der Waals surface area contributed by atoms with Crippen LogP contribution < -0.4 is 10.6 Å². The second-order valence-corrected chi connectivity index (χ2v) is 5.79. The van der Waals surface area contributed by atoms with Crippen LogP contribution in [0.3, 0.4) is 0 Å². The molecule has 1 atom stereocenters. The molecule has 106 valence electrons. The summed E-state index contributed by atoms with van der Waals surface area (Å²) in [5.41, 5.74) is 1.74. The van der Waals surface area contributed by atoms with Crippen molar-refractivity contribution < 1.29 is 4.79 Å². The molecule has 1 aromatic heterocycles. The predicted molar refractivity (Wildman–Crippen MR) is 75.1 cm³/mol. The van der Waals surface area contributed by atoms with Gasteiger partial charge in [0.25, 0.3) is 5.91 Å². The lowest BCUT2D eigenvalue weighted by atomic mass is 9.83. The minimum absolute atomic E-state index is 0.00301. The van der Waals surface area contributed by atoms with Gasteiger partial charge in [0.2, 0.25) is 0 Å². The van der Waals surface area contributed by atoms with Crippen LogP contribution in [0.5, 0.6) is 0 Å². The van der Waals surface area contributed by atoms with E-state index in [0.717, 1.165) is 38.2 Å². The van der Waals surface area contributed by atoms with Crippen LogP contribution in [-0.2, 0) is 13.5 Å². The van der Waals surface area contributed by atoms with Gasteiger partial charge in [-0.3, -0.25) is 9.48 Å². The van der Waals surface area contributed by atoms with Crippen LogP contribution in [0, 0.1) is 5.41 Å². The number of carbonyl (C=O) groups excluding carboxylic acids is 1. The van der Waals surface area contributed by atoms with Gasteiger partial charge in [0, 0.05) is 26.3 Å². The number of aromatic nitrogens is 2. The van der Waals surface area contributed by atoms with Crippen molar-refractivity contribution in [2.24, 2.45) is 12.5 Å². The van der Waals surface area contributed by atoms with E-state index in [1.54, 1.807) is 10.9 Å². The maximum atomic E-state index is 12.2. The third-order valence-electron chi connectivity index (χ3n) is 3.85. The zero-order chi connectivity index (χ0) is 13.9. The Morgan fingerprint density at radius 1 is 1.63 bits per heavy atom. The van der Waals surface area contributed by atoms with Crippen molar-refractivity contribution in [1.29, 1.82) is 0 Å². The zero-order valence-corrected chi connectivity index (χ0v) is 12.1. The molecule has 0 saturated carbocycles. The summed E-state index contributed by atoms with van der Waals surface area (Å²) in [6, 6.07) is 0. The molecular weight excluding hydrogens is 240 g/mol. The molecule has 0 bridgehead atoms. The molecule has 5 heteroatoms. The third kappa shape index (κ3) is 3.35. The van der Waals surface area contributed by atoms with Gasteiger partial charge in [-0.15, -0.1) is 0 Å². The molecule has 2 heterocycles. The van der Waals surface area contributed by atoms with E-state index in [9.17, 15) is 4.79 Å². The van der Waals surface area contributed by atoms with Crippen LogP contribution in [0.15, 0.2) is 6.20 Å². The number of nitrogens with zero attached hydrogens (tertiary/aromatic N) is 2. The van der Waals surface area contributed by atoms with Crippen molar-refractivity contribution in [3.63, 3.8) is 0 Å². The summed E-state index contributed by atoms with van der Waals surface area (Å²) >= 11 is 0. The zero-order valence-electron chi connectivity index (χ0n) is 12.1. The van der Waals surface area contributed by atoms with Crippen molar-refractivity contribution >= 4 is 5.91 Å². The van der Waals surface area contributed by atoms with Crippen molar-refractivity contribution in [2.45, 2.75) is 33.1 Å². The predicted octanol–water partition coefficient (Wildman–Crippen LogP) is 1.10. The molecule has 1 unspecified atom stereocenters. The van der Waals surface area contributed by atoms with E-state index in [1.165, 1.54) is 6.42 Å². The molecule has 2 rings (SSSR count). The van der Waals surface area contributed by atoms with Gasteiger partial charge in [0.15, 0.2) is 0 Å². The highest BCUT2D eigenvalue weighted by molar-refractivity contribution is 5.95. The molecule has 0 radical (unpaired) electrons. The number of hydrogen-bond acceptors (Lipinski definition) is 3. The number of rotatable bonds is 4. The number of amides is 1. The van der Waals surface area contributed by atoms with Crippen LogP contribution in [-0.4, -0.2) is 35.3 Å². The number of hydrogen-bond donors (Lipinski definition) is 2. The maximum Gasteiger partial charge on any atom is 0.254 e. The lowest BCUT2D eigenvalue weighted by Gasteiger charge is -2.34. The fourth-order valence-corrected chi connectivity index (χ4v) is 2.64. The quantitative estimate of drug-likeness (QED) is 0.856. The van der Waals surface area contributed by atoms with Gasteiger partial charge in [-0.25, -0.2) is 0 Å². The van der Waals surface area contributed by atoms with Gasteiger partial charge < -0.3 is 10.6 Å². The average Bonchev–Trinajstić information content (AvgIpc) is 2.78. The standard InChI is InChI=1S/C14H24N4O/c1-4-12-11(8-18(3)17-12)13(19)16-10-14(2)6-5-7-15-9-14/h8,15H,4-7,9-10H2,1-3H3,(H,16,19). The van der Waals surface area contributed by atoms with Gasteiger partial charge in [0.1, 0.15) is 0 Å². The van der Waals surface area contributed by atoms with E-state index in [1.807, 2.05) is 14.0 Å². The molecule has 2 N–H and O–H groups in total. The Morgan fingerprint density at radius 2 is 2.42 bits per heavy atom. The van der Waals surface area contributed by atoms with Crippen LogP contribution >= 0.6 is 0 Å². The summed E-state index contributed by atoms with van der Waals surface area (Å²) in [4.78, 5) is 12.2. The van der Waals surface area contributed by atoms with E-state index in [0.29, 0.717) is 5.56 Å². The normalized spacial score (nSPS) is 23.3. The summed E-state index contributed by atoms with van der Waals surface area (Å²) in [5, 5.41) is 10.8. The summed E-state index contributed by atoms with van der Waals surface area (Å²) in [7, 11) is 1.85. The molecule has 1 aliphatic heterocycles. The van der Waals surface area contributed by atoms with Gasteiger partial charge >= 0.3 is 0 Å². The number of piperidine rings is 1. The SMILES string of the molecule is CCc1nn(C)cc1C(=O)NCC1(C)CCCNC1. The first-order valence-corrected chi connectivity index (χ1v) is 7.05. The van der Waals surface area contributed by atoms with Gasteiger partial charge in [-0.1, -0.05) is 13.8 Å². The first kappa shape index (κ1) is 14.1. The summed E-state index contributed by atoms with van der Waals surface area (Å²) in [6.07, 6.45) is 4.92. The molecule has 5 nitrogen and oxygen atoms in total. The Balaban J connectivity index is 1.97. The summed E-state index contributed by atoms with van der Waals surface area (Å²) in [5.74, 6) is -0.00301. The van der Waals surface area contributed by atoms with E-state index in [2.05, 4.69) is 22.7 Å². The highest BCUT2D eigenvalue weighted by Crippen LogP contribution is 2.24. The van der Waals surface area contributed by atoms with Crippen LogP contribution in [0.25, 0.3) is 0 Å². The topological polar surface area (TPSA) is 59.0 Å². The Hall–Kier alpha value is -1.36. The molecule has 0 spiro atoms. The van der Waals surface area contributed by atoms with E-state index in [-0.39, 0.29) is 11.3 Å². The molecule has 1 aromatic rings. The van der Waals surface area contributed by atoms with E-state index < -0.39 is 0 Å². The van der Waals surface area contributed by atoms with Crippen LogP contribution in [0.4, 0.5) is 0 Å². The van der Waals surface area contributed by atoms with Gasteiger partial charge in [-0.2, -0.15) is 5.10 Å². The van der Waals surface area contributed by atoms with Crippen molar-refractivity contribution in [3.8, 4) is 0 Å². The van der Waals surface area contributed by atoms with E-state index >= 15 is 0 Å². The highest BCUT2D eigenvalue weighted by atomic mass is 16.1. The summed E-state index contributed by atoms with van der Waals surface area (Å²) < 4.78 is 1.71. The highest BCUT2D eigenvalue weighted by Gasteiger charge is 2.27. The molecule has 1 saturated heterocycles. The van der Waals surface area contributed by atoms with Gasteiger partial charge in [-0.05, 0) is 31.2 Å². The third-order valence-corrected chi connectivity index (χ3v) is 3.85. The van der Waals surface area contributed by atoms with Crippen molar-refractivity contribution in [2.75, 3.05) is 19.6 Å². The Bertz CT molecular complexity index is 446. The molecule has 0 aromatic carbocycles. The second-order valence-electron chi connectivity index (χ2n) is 5.79.